The number of rotatable bonds is 3. The van der Waals surface area contributed by atoms with Crippen molar-refractivity contribution in [3.05, 3.63) is 82.4 Å². The first-order valence-corrected chi connectivity index (χ1v) is 6.43. The lowest BCUT2D eigenvalue weighted by Gasteiger charge is -2.05. The number of carbonyl (C=O) groups is 1. The number of pyridine rings is 1. The molecule has 3 rings (SSSR count). The van der Waals surface area contributed by atoms with Crippen LogP contribution in [-0.4, -0.2) is 15.4 Å². The number of fused-ring (bicyclic) bond motifs is 1. The van der Waals surface area contributed by atoms with Gasteiger partial charge in [0.15, 0.2) is 0 Å². The Kier molecular flexibility index (Phi) is 3.47. The van der Waals surface area contributed by atoms with E-state index in [9.17, 15) is 9.59 Å². The molecule has 0 amide bonds. The lowest BCUT2D eigenvalue weighted by molar-refractivity contribution is 0.0470. The van der Waals surface area contributed by atoms with E-state index in [0.29, 0.717) is 5.65 Å². The first kappa shape index (κ1) is 13.1. The van der Waals surface area contributed by atoms with Crippen molar-refractivity contribution in [2.24, 2.45) is 0 Å². The lowest BCUT2D eigenvalue weighted by atomic mass is 10.2. The van der Waals surface area contributed by atoms with Gasteiger partial charge in [0.1, 0.15) is 17.8 Å². The van der Waals surface area contributed by atoms with Crippen molar-refractivity contribution in [3.8, 4) is 0 Å². The van der Waals surface area contributed by atoms with Gasteiger partial charge in [0.25, 0.3) is 5.56 Å². The number of ether oxygens (including phenoxy) is 1. The molecule has 2 heterocycles. The zero-order valence-electron chi connectivity index (χ0n) is 11.1. The molecule has 0 aliphatic heterocycles. The quantitative estimate of drug-likeness (QED) is 0.689. The Bertz CT molecular complexity index is 841. The van der Waals surface area contributed by atoms with Gasteiger partial charge in [-0.3, -0.25) is 9.20 Å². The second-order valence-corrected chi connectivity index (χ2v) is 4.46. The van der Waals surface area contributed by atoms with Crippen LogP contribution in [0.1, 0.15) is 15.9 Å². The van der Waals surface area contributed by atoms with Gasteiger partial charge >= 0.3 is 5.97 Å². The van der Waals surface area contributed by atoms with Crippen LogP contribution in [0.15, 0.2) is 65.7 Å². The normalized spacial score (nSPS) is 10.5. The van der Waals surface area contributed by atoms with Crippen LogP contribution < -0.4 is 5.56 Å². The van der Waals surface area contributed by atoms with Crippen molar-refractivity contribution in [1.29, 1.82) is 0 Å². The maximum absolute atomic E-state index is 12.2. The number of benzene rings is 1. The van der Waals surface area contributed by atoms with Crippen LogP contribution in [-0.2, 0) is 11.3 Å². The zero-order chi connectivity index (χ0) is 14.7. The largest absolute Gasteiger partial charge is 0.457 e. The molecule has 0 radical (unpaired) electrons. The van der Waals surface area contributed by atoms with Crippen molar-refractivity contribution in [3.63, 3.8) is 0 Å². The molecular weight excluding hydrogens is 268 g/mol. The van der Waals surface area contributed by atoms with Crippen molar-refractivity contribution < 1.29 is 9.53 Å². The summed E-state index contributed by atoms with van der Waals surface area (Å²) < 4.78 is 6.49. The van der Waals surface area contributed by atoms with Crippen LogP contribution in [0.2, 0.25) is 0 Å². The maximum atomic E-state index is 12.2. The summed E-state index contributed by atoms with van der Waals surface area (Å²) in [5, 5.41) is 0. The van der Waals surface area contributed by atoms with E-state index >= 15 is 0 Å². The summed E-state index contributed by atoms with van der Waals surface area (Å²) in [7, 11) is 0. The van der Waals surface area contributed by atoms with Crippen molar-refractivity contribution in [1.82, 2.24) is 9.38 Å². The van der Waals surface area contributed by atoms with Crippen LogP contribution in [0.25, 0.3) is 5.65 Å². The standard InChI is InChI=1S/C16H12N2O3/c19-15-13(7-8-14-17-9-4-10-18(14)15)16(20)21-11-12-5-2-1-3-6-12/h1-10H,11H2. The molecule has 0 spiro atoms. The van der Waals surface area contributed by atoms with Gasteiger partial charge in [-0.05, 0) is 23.8 Å². The Morgan fingerprint density at radius 2 is 1.90 bits per heavy atom. The number of nitrogens with zero attached hydrogens (tertiary/aromatic N) is 2. The summed E-state index contributed by atoms with van der Waals surface area (Å²) in [6, 6.07) is 14.0. The van der Waals surface area contributed by atoms with Crippen molar-refractivity contribution in [2.75, 3.05) is 0 Å². The van der Waals surface area contributed by atoms with E-state index in [2.05, 4.69) is 4.98 Å². The molecule has 0 saturated heterocycles. The highest BCUT2D eigenvalue weighted by Crippen LogP contribution is 2.05. The number of aromatic nitrogens is 2. The average Bonchev–Trinajstić information content (AvgIpc) is 2.54. The van der Waals surface area contributed by atoms with Gasteiger partial charge in [0.2, 0.25) is 0 Å². The second-order valence-electron chi connectivity index (χ2n) is 4.46. The van der Waals surface area contributed by atoms with Gasteiger partial charge in [-0.25, -0.2) is 9.78 Å². The summed E-state index contributed by atoms with van der Waals surface area (Å²) in [5.74, 6) is -0.637. The Hall–Kier alpha value is -2.95. The molecule has 0 unspecified atom stereocenters. The average molecular weight is 280 g/mol. The van der Waals surface area contributed by atoms with Crippen LogP contribution in [0.3, 0.4) is 0 Å². The van der Waals surface area contributed by atoms with Gasteiger partial charge in [-0.1, -0.05) is 30.3 Å². The third-order valence-corrected chi connectivity index (χ3v) is 3.06. The Labute approximate surface area is 120 Å². The minimum atomic E-state index is -0.637. The predicted octanol–water partition coefficient (Wildman–Crippen LogP) is 2.05. The fourth-order valence-electron chi connectivity index (χ4n) is 1.99. The van der Waals surface area contributed by atoms with E-state index < -0.39 is 11.5 Å². The second kappa shape index (κ2) is 5.58. The Morgan fingerprint density at radius 1 is 1.10 bits per heavy atom. The molecule has 104 valence electrons. The summed E-state index contributed by atoms with van der Waals surface area (Å²) in [4.78, 5) is 28.3. The highest BCUT2D eigenvalue weighted by Gasteiger charge is 2.13. The molecule has 0 aliphatic carbocycles. The van der Waals surface area contributed by atoms with Crippen molar-refractivity contribution >= 4 is 11.6 Å². The topological polar surface area (TPSA) is 60.7 Å². The molecule has 3 aromatic rings. The molecule has 1 aromatic carbocycles. The van der Waals surface area contributed by atoms with E-state index in [4.69, 9.17) is 4.74 Å². The van der Waals surface area contributed by atoms with Gasteiger partial charge in [0, 0.05) is 12.4 Å². The number of hydrogen-bond acceptors (Lipinski definition) is 4. The Balaban J connectivity index is 1.85. The van der Waals surface area contributed by atoms with Gasteiger partial charge < -0.3 is 4.74 Å². The first-order chi connectivity index (χ1) is 10.3. The van der Waals surface area contributed by atoms with E-state index in [-0.39, 0.29) is 12.2 Å². The number of carbonyl (C=O) groups excluding carboxylic acids is 1. The summed E-state index contributed by atoms with van der Waals surface area (Å²) in [6.07, 6.45) is 3.15. The fraction of sp³-hybridized carbons (Fsp3) is 0.0625. The van der Waals surface area contributed by atoms with E-state index in [0.717, 1.165) is 5.56 Å². The van der Waals surface area contributed by atoms with Crippen LogP contribution in [0.4, 0.5) is 0 Å². The molecule has 0 N–H and O–H groups in total. The molecule has 0 aliphatic rings. The fourth-order valence-corrected chi connectivity index (χ4v) is 1.99. The Morgan fingerprint density at radius 3 is 2.71 bits per heavy atom. The molecule has 0 saturated carbocycles. The lowest BCUT2D eigenvalue weighted by Crippen LogP contribution is -2.23. The highest BCUT2D eigenvalue weighted by molar-refractivity contribution is 5.89. The third kappa shape index (κ3) is 2.67. The molecular formula is C16H12N2O3. The first-order valence-electron chi connectivity index (χ1n) is 6.43. The van der Waals surface area contributed by atoms with E-state index in [1.54, 1.807) is 24.5 Å². The molecule has 5 heteroatoms. The third-order valence-electron chi connectivity index (χ3n) is 3.06. The molecule has 0 bridgehead atoms. The van der Waals surface area contributed by atoms with Gasteiger partial charge in [-0.2, -0.15) is 0 Å². The summed E-state index contributed by atoms with van der Waals surface area (Å²) in [6.45, 7) is 0.134. The van der Waals surface area contributed by atoms with Crippen LogP contribution in [0.5, 0.6) is 0 Å². The van der Waals surface area contributed by atoms with Gasteiger partial charge in [-0.15, -0.1) is 0 Å². The monoisotopic (exact) mass is 280 g/mol. The van der Waals surface area contributed by atoms with E-state index in [1.165, 1.54) is 10.5 Å². The van der Waals surface area contributed by atoms with Crippen LogP contribution in [0, 0.1) is 0 Å². The maximum Gasteiger partial charge on any atom is 0.344 e. The van der Waals surface area contributed by atoms with Gasteiger partial charge in [0.05, 0.1) is 0 Å². The zero-order valence-corrected chi connectivity index (χ0v) is 11.1. The summed E-state index contributed by atoms with van der Waals surface area (Å²) in [5.41, 5.74) is 0.922. The summed E-state index contributed by atoms with van der Waals surface area (Å²) >= 11 is 0. The number of esters is 1. The molecule has 21 heavy (non-hydrogen) atoms. The SMILES string of the molecule is O=C(OCc1ccccc1)c1ccc2ncccn2c1=O. The highest BCUT2D eigenvalue weighted by atomic mass is 16.5. The van der Waals surface area contributed by atoms with Crippen LogP contribution >= 0.6 is 0 Å². The molecule has 0 atom stereocenters. The minimum absolute atomic E-state index is 0.00330. The smallest absolute Gasteiger partial charge is 0.344 e. The molecule has 0 fully saturated rings. The minimum Gasteiger partial charge on any atom is -0.457 e. The van der Waals surface area contributed by atoms with Crippen molar-refractivity contribution in [2.45, 2.75) is 6.61 Å². The predicted molar refractivity (Wildman–Crippen MR) is 77.0 cm³/mol. The number of hydrogen-bond donors (Lipinski definition) is 0. The molecule has 2 aromatic heterocycles. The molecule has 5 nitrogen and oxygen atoms in total. The van der Waals surface area contributed by atoms with E-state index in [1.807, 2.05) is 30.3 Å².